The Labute approximate surface area is 171 Å². The predicted molar refractivity (Wildman–Crippen MR) is 101 cm³/mol. The molecule has 1 aromatic heterocycles. The molecule has 2 aliphatic heterocycles. The van der Waals surface area contributed by atoms with Crippen molar-refractivity contribution in [2.24, 2.45) is 17.8 Å². The summed E-state index contributed by atoms with van der Waals surface area (Å²) in [5.74, 6) is 0.453. The molecule has 2 N–H and O–H groups in total. The lowest BCUT2D eigenvalue weighted by Gasteiger charge is -2.57. The maximum absolute atomic E-state index is 14.1. The maximum atomic E-state index is 14.1. The van der Waals surface area contributed by atoms with E-state index in [-0.39, 0.29) is 0 Å². The highest BCUT2D eigenvalue weighted by Crippen LogP contribution is 2.77. The summed E-state index contributed by atoms with van der Waals surface area (Å²) in [6.45, 7) is -0.428. The van der Waals surface area contributed by atoms with Crippen LogP contribution in [0.5, 0.6) is 0 Å². The summed E-state index contributed by atoms with van der Waals surface area (Å²) in [5, 5.41) is 9.25. The smallest absolute Gasteiger partial charge is 0.337 e. The zero-order chi connectivity index (χ0) is 20.8. The lowest BCUT2D eigenvalue weighted by atomic mass is 9.56. The first-order chi connectivity index (χ1) is 14.3. The van der Waals surface area contributed by atoms with Gasteiger partial charge < -0.3 is 9.84 Å². The van der Waals surface area contributed by atoms with Crippen molar-refractivity contribution in [2.45, 2.75) is 68.2 Å². The van der Waals surface area contributed by atoms with Gasteiger partial charge in [-0.1, -0.05) is 0 Å². The molecule has 0 radical (unpaired) electrons. The quantitative estimate of drug-likeness (QED) is 0.681. The maximum Gasteiger partial charge on any atom is 0.337 e. The molecule has 5 unspecified atom stereocenters. The van der Waals surface area contributed by atoms with Crippen LogP contribution in [0.1, 0.15) is 44.8 Å². The van der Waals surface area contributed by atoms with E-state index < -0.39 is 61.0 Å². The van der Waals surface area contributed by atoms with E-state index in [2.05, 4.69) is 0 Å². The molecule has 3 heterocycles. The number of ether oxygens (including phenoxy) is 1. The van der Waals surface area contributed by atoms with Crippen LogP contribution in [0.4, 0.5) is 4.39 Å². The number of H-pyrrole nitrogens is 1. The number of halogens is 1. The van der Waals surface area contributed by atoms with Crippen molar-refractivity contribution in [3.63, 3.8) is 0 Å². The molecule has 4 aliphatic carbocycles. The fourth-order valence-corrected chi connectivity index (χ4v) is 10.0. The molecule has 5 atom stereocenters. The number of hydrogen-bond donors (Lipinski definition) is 2. The van der Waals surface area contributed by atoms with Crippen LogP contribution in [0.15, 0.2) is 15.8 Å². The Morgan fingerprint density at radius 2 is 1.73 bits per heavy atom. The third kappa shape index (κ3) is 2.57. The molecule has 11 heteroatoms. The Hall–Kier alpha value is -1.32. The standard InChI is InChI=1S/C19H24FN2O7P/c20-12-7-22(18(25)21-16(12)24)17-15-14(13(8-23)27-17)28-30(26,29-15)19-4-9-1-10(5-19)3-11(2-9)6-19/h7,9-11,13-15,17,23H,1-6,8H2,(H,21,24,25). The van der Waals surface area contributed by atoms with E-state index >= 15 is 0 Å². The van der Waals surface area contributed by atoms with Crippen molar-refractivity contribution in [3.05, 3.63) is 32.9 Å². The van der Waals surface area contributed by atoms with Crippen LogP contribution in [0.2, 0.25) is 0 Å². The molecule has 4 bridgehead atoms. The van der Waals surface area contributed by atoms with Gasteiger partial charge in [0.15, 0.2) is 6.23 Å². The molecular weight excluding hydrogens is 418 g/mol. The second-order valence-electron chi connectivity index (χ2n) is 9.67. The number of nitrogens with zero attached hydrogens (tertiary/aromatic N) is 1. The van der Waals surface area contributed by atoms with Gasteiger partial charge in [0.2, 0.25) is 5.82 Å². The van der Waals surface area contributed by atoms with Gasteiger partial charge in [0, 0.05) is 0 Å². The number of aliphatic hydroxyl groups is 1. The van der Waals surface area contributed by atoms with Gasteiger partial charge in [-0.25, -0.2) is 4.79 Å². The molecule has 2 saturated heterocycles. The minimum absolute atomic E-state index is 0.428. The van der Waals surface area contributed by atoms with Gasteiger partial charge in [-0.05, 0) is 56.3 Å². The fourth-order valence-electron chi connectivity index (χ4n) is 6.94. The minimum Gasteiger partial charge on any atom is -0.394 e. The van der Waals surface area contributed by atoms with Crippen LogP contribution >= 0.6 is 7.60 Å². The van der Waals surface area contributed by atoms with Gasteiger partial charge in [0.25, 0.3) is 5.56 Å². The topological polar surface area (TPSA) is 120 Å². The molecule has 0 aromatic carbocycles. The largest absolute Gasteiger partial charge is 0.394 e. The zero-order valence-corrected chi connectivity index (χ0v) is 17.1. The molecule has 6 aliphatic rings. The fraction of sp³-hybridized carbons (Fsp3) is 0.789. The average molecular weight is 442 g/mol. The minimum atomic E-state index is -3.56. The summed E-state index contributed by atoms with van der Waals surface area (Å²) in [6, 6.07) is 0. The first kappa shape index (κ1) is 19.4. The highest BCUT2D eigenvalue weighted by atomic mass is 31.2. The Bertz CT molecular complexity index is 1020. The first-order valence-electron chi connectivity index (χ1n) is 10.5. The second-order valence-corrected chi connectivity index (χ2v) is 12.0. The summed E-state index contributed by atoms with van der Waals surface area (Å²) in [6.07, 6.45) is 2.87. The molecule has 4 saturated carbocycles. The van der Waals surface area contributed by atoms with Crippen LogP contribution < -0.4 is 11.2 Å². The highest BCUT2D eigenvalue weighted by molar-refractivity contribution is 7.56. The van der Waals surface area contributed by atoms with Crippen molar-refractivity contribution in [1.29, 1.82) is 0 Å². The highest BCUT2D eigenvalue weighted by Gasteiger charge is 2.68. The van der Waals surface area contributed by atoms with E-state index in [0.29, 0.717) is 17.8 Å². The lowest BCUT2D eigenvalue weighted by molar-refractivity contribution is -0.0635. The van der Waals surface area contributed by atoms with Crippen LogP contribution in [0.3, 0.4) is 0 Å². The van der Waals surface area contributed by atoms with E-state index in [0.717, 1.165) is 30.0 Å². The first-order valence-corrected chi connectivity index (χ1v) is 12.1. The summed E-state index contributed by atoms with van der Waals surface area (Å²) < 4.78 is 46.7. The molecule has 0 amide bonds. The van der Waals surface area contributed by atoms with Gasteiger partial charge in [-0.3, -0.25) is 28.0 Å². The predicted octanol–water partition coefficient (Wildman–Crippen LogP) is 1.51. The summed E-state index contributed by atoms with van der Waals surface area (Å²) >= 11 is 0. The number of hydrogen-bond acceptors (Lipinski definition) is 7. The van der Waals surface area contributed by atoms with E-state index in [1.165, 1.54) is 19.3 Å². The summed E-state index contributed by atoms with van der Waals surface area (Å²) in [4.78, 5) is 25.6. The van der Waals surface area contributed by atoms with E-state index in [9.17, 15) is 23.7 Å². The summed E-state index contributed by atoms with van der Waals surface area (Å²) in [7, 11) is -3.56. The Balaban J connectivity index is 1.37. The monoisotopic (exact) mass is 442 g/mol. The van der Waals surface area contributed by atoms with Crippen molar-refractivity contribution in [2.75, 3.05) is 6.61 Å². The van der Waals surface area contributed by atoms with Gasteiger partial charge >= 0.3 is 13.3 Å². The number of rotatable bonds is 3. The summed E-state index contributed by atoms with van der Waals surface area (Å²) in [5.41, 5.74) is -2.00. The molecule has 9 nitrogen and oxygen atoms in total. The van der Waals surface area contributed by atoms with Gasteiger partial charge in [-0.2, -0.15) is 4.39 Å². The molecule has 6 fully saturated rings. The second kappa shape index (κ2) is 6.36. The molecule has 0 spiro atoms. The Morgan fingerprint density at radius 3 is 2.33 bits per heavy atom. The van der Waals surface area contributed by atoms with Crippen molar-refractivity contribution >= 4 is 7.60 Å². The Kier molecular flexibility index (Phi) is 4.10. The van der Waals surface area contributed by atoms with Crippen molar-refractivity contribution in [3.8, 4) is 0 Å². The van der Waals surface area contributed by atoms with Crippen LogP contribution in [0.25, 0.3) is 0 Å². The van der Waals surface area contributed by atoms with Crippen LogP contribution in [-0.4, -0.2) is 44.7 Å². The van der Waals surface area contributed by atoms with E-state index in [1.54, 1.807) is 0 Å². The number of aliphatic hydroxyl groups excluding tert-OH is 1. The zero-order valence-electron chi connectivity index (χ0n) is 16.2. The Morgan fingerprint density at radius 1 is 1.13 bits per heavy atom. The molecular formula is C19H24FN2O7P. The SMILES string of the molecule is O=c1[nH]c(=O)n(C2OC(CO)C3OP(=O)(C45CC6CC(CC(C6)C4)C5)OC32)cc1F. The molecule has 7 rings (SSSR count). The normalized spacial score (nSPS) is 48.9. The lowest BCUT2D eigenvalue weighted by Crippen LogP contribution is -2.50. The van der Waals surface area contributed by atoms with Crippen molar-refractivity contribution < 1.29 is 27.8 Å². The van der Waals surface area contributed by atoms with Gasteiger partial charge in [0.1, 0.15) is 18.3 Å². The number of fused-ring (bicyclic) bond motifs is 1. The van der Waals surface area contributed by atoms with E-state index in [1.807, 2.05) is 4.98 Å². The third-order valence-corrected chi connectivity index (χ3v) is 10.5. The van der Waals surface area contributed by atoms with Crippen LogP contribution in [-0.2, 0) is 18.3 Å². The van der Waals surface area contributed by atoms with Crippen LogP contribution in [0, 0.1) is 23.6 Å². The average Bonchev–Trinajstić information content (AvgIpc) is 3.19. The third-order valence-electron chi connectivity index (χ3n) is 7.77. The number of aromatic amines is 1. The van der Waals surface area contributed by atoms with Crippen molar-refractivity contribution in [1.82, 2.24) is 9.55 Å². The molecule has 30 heavy (non-hydrogen) atoms. The molecule has 1 aromatic rings. The van der Waals surface area contributed by atoms with Gasteiger partial charge in [0.05, 0.1) is 18.0 Å². The number of aromatic nitrogens is 2. The molecule has 164 valence electrons. The van der Waals surface area contributed by atoms with Gasteiger partial charge in [-0.15, -0.1) is 0 Å². The van der Waals surface area contributed by atoms with E-state index in [4.69, 9.17) is 13.8 Å². The number of nitrogens with one attached hydrogen (secondary N) is 1.